The zero-order valence-corrected chi connectivity index (χ0v) is 9.15. The van der Waals surface area contributed by atoms with E-state index in [2.05, 4.69) is 0 Å². The molecule has 2 N–H and O–H groups in total. The fourth-order valence-corrected chi connectivity index (χ4v) is 1.70. The van der Waals surface area contributed by atoms with Crippen LogP contribution < -0.4 is 5.73 Å². The Bertz CT molecular complexity index is 585. The van der Waals surface area contributed by atoms with Crippen LogP contribution in [0.3, 0.4) is 0 Å². The summed E-state index contributed by atoms with van der Waals surface area (Å²) in [5.41, 5.74) is 8.18. The summed E-state index contributed by atoms with van der Waals surface area (Å²) in [5.74, 6) is -0.330. The van der Waals surface area contributed by atoms with E-state index in [4.69, 9.17) is 11.0 Å². The average molecular weight is 226 g/mol. The molecule has 84 valence electrons. The Morgan fingerprint density at radius 2 is 2.00 bits per heavy atom. The SMILES string of the molecule is N#CCc1ccc(-c2cccc(N)c2)c(F)c1. The molecule has 0 aliphatic heterocycles. The molecule has 2 rings (SSSR count). The number of nitrogens with two attached hydrogens (primary N) is 1. The maximum atomic E-state index is 13.8. The third-order valence-electron chi connectivity index (χ3n) is 2.51. The van der Waals surface area contributed by atoms with Gasteiger partial charge >= 0.3 is 0 Å². The molecule has 3 heteroatoms. The minimum absolute atomic E-state index is 0.216. The maximum Gasteiger partial charge on any atom is 0.131 e. The van der Waals surface area contributed by atoms with Crippen LogP contribution in [0.15, 0.2) is 42.5 Å². The number of halogens is 1. The first-order valence-electron chi connectivity index (χ1n) is 5.22. The van der Waals surface area contributed by atoms with Crippen LogP contribution in [0.1, 0.15) is 5.56 Å². The van der Waals surface area contributed by atoms with Crippen molar-refractivity contribution in [1.29, 1.82) is 5.26 Å². The summed E-state index contributed by atoms with van der Waals surface area (Å²) >= 11 is 0. The Kier molecular flexibility index (Phi) is 3.06. The summed E-state index contributed by atoms with van der Waals surface area (Å²) in [4.78, 5) is 0. The molecule has 2 aromatic rings. The van der Waals surface area contributed by atoms with Crippen LogP contribution in [0.2, 0.25) is 0 Å². The van der Waals surface area contributed by atoms with E-state index in [-0.39, 0.29) is 12.2 Å². The quantitative estimate of drug-likeness (QED) is 0.800. The number of rotatable bonds is 2. The molecule has 2 aromatic carbocycles. The molecule has 0 spiro atoms. The minimum Gasteiger partial charge on any atom is -0.399 e. The molecule has 0 unspecified atom stereocenters. The van der Waals surface area contributed by atoms with Crippen molar-refractivity contribution in [2.24, 2.45) is 0 Å². The van der Waals surface area contributed by atoms with E-state index < -0.39 is 0 Å². The van der Waals surface area contributed by atoms with E-state index in [1.165, 1.54) is 6.07 Å². The first-order valence-corrected chi connectivity index (χ1v) is 5.22. The zero-order chi connectivity index (χ0) is 12.3. The van der Waals surface area contributed by atoms with E-state index in [0.29, 0.717) is 16.8 Å². The summed E-state index contributed by atoms with van der Waals surface area (Å²) in [6.07, 6.45) is 0.216. The van der Waals surface area contributed by atoms with Crippen molar-refractivity contribution >= 4 is 5.69 Å². The molecule has 0 aliphatic rings. The van der Waals surface area contributed by atoms with Crippen molar-refractivity contribution in [3.63, 3.8) is 0 Å². The number of nitrogens with zero attached hydrogens (tertiary/aromatic N) is 1. The summed E-state index contributed by atoms with van der Waals surface area (Å²) < 4.78 is 13.8. The third-order valence-corrected chi connectivity index (χ3v) is 2.51. The minimum atomic E-state index is -0.330. The van der Waals surface area contributed by atoms with Crippen molar-refractivity contribution in [3.05, 3.63) is 53.8 Å². The van der Waals surface area contributed by atoms with Gasteiger partial charge in [0.2, 0.25) is 0 Å². The van der Waals surface area contributed by atoms with Crippen molar-refractivity contribution in [2.45, 2.75) is 6.42 Å². The van der Waals surface area contributed by atoms with Crippen molar-refractivity contribution < 1.29 is 4.39 Å². The Labute approximate surface area is 99.1 Å². The molecular weight excluding hydrogens is 215 g/mol. The monoisotopic (exact) mass is 226 g/mol. The van der Waals surface area contributed by atoms with Crippen molar-refractivity contribution in [2.75, 3.05) is 5.73 Å². The third kappa shape index (κ3) is 2.43. The number of anilines is 1. The van der Waals surface area contributed by atoms with E-state index in [0.717, 1.165) is 5.56 Å². The van der Waals surface area contributed by atoms with E-state index in [1.807, 2.05) is 6.07 Å². The molecule has 2 nitrogen and oxygen atoms in total. The second-order valence-electron chi connectivity index (χ2n) is 3.77. The predicted octanol–water partition coefficient (Wildman–Crippen LogP) is 3.14. The topological polar surface area (TPSA) is 49.8 Å². The van der Waals surface area contributed by atoms with Gasteiger partial charge in [0.25, 0.3) is 0 Å². The Hall–Kier alpha value is -2.34. The number of nitriles is 1. The predicted molar refractivity (Wildman–Crippen MR) is 65.6 cm³/mol. The van der Waals surface area contributed by atoms with Gasteiger partial charge in [0.1, 0.15) is 5.82 Å². The van der Waals surface area contributed by atoms with Gasteiger partial charge in [-0.3, -0.25) is 0 Å². The lowest BCUT2D eigenvalue weighted by Crippen LogP contribution is -1.90. The highest BCUT2D eigenvalue weighted by atomic mass is 19.1. The number of nitrogen functional groups attached to an aromatic ring is 1. The lowest BCUT2D eigenvalue weighted by Gasteiger charge is -2.05. The summed E-state index contributed by atoms with van der Waals surface area (Å²) in [6, 6.07) is 13.9. The zero-order valence-electron chi connectivity index (χ0n) is 9.15. The molecule has 0 aliphatic carbocycles. The van der Waals surface area contributed by atoms with E-state index >= 15 is 0 Å². The smallest absolute Gasteiger partial charge is 0.131 e. The van der Waals surface area contributed by atoms with Gasteiger partial charge in [-0.2, -0.15) is 5.26 Å². The maximum absolute atomic E-state index is 13.8. The van der Waals surface area contributed by atoms with Gasteiger partial charge in [0, 0.05) is 11.3 Å². The molecule has 0 heterocycles. The van der Waals surface area contributed by atoms with E-state index in [9.17, 15) is 4.39 Å². The second-order valence-corrected chi connectivity index (χ2v) is 3.77. The molecule has 0 bridgehead atoms. The van der Waals surface area contributed by atoms with Crippen LogP contribution in [0.5, 0.6) is 0 Å². The normalized spacial score (nSPS) is 9.88. The standard InChI is InChI=1S/C14H11FN2/c15-14-8-10(6-7-16)4-5-13(14)11-2-1-3-12(17)9-11/h1-5,8-9H,6,17H2. The van der Waals surface area contributed by atoms with Crippen LogP contribution in [0, 0.1) is 17.1 Å². The second kappa shape index (κ2) is 4.67. The van der Waals surface area contributed by atoms with Crippen LogP contribution in [0.4, 0.5) is 10.1 Å². The highest BCUT2D eigenvalue weighted by Gasteiger charge is 2.06. The van der Waals surface area contributed by atoms with Gasteiger partial charge in [0.15, 0.2) is 0 Å². The lowest BCUT2D eigenvalue weighted by atomic mass is 10.0. The molecule has 17 heavy (non-hydrogen) atoms. The molecule has 0 saturated heterocycles. The molecule has 0 fully saturated rings. The average Bonchev–Trinajstić information content (AvgIpc) is 2.29. The van der Waals surface area contributed by atoms with Gasteiger partial charge < -0.3 is 5.73 Å². The molecular formula is C14H11FN2. The highest BCUT2D eigenvalue weighted by molar-refractivity contribution is 5.68. The largest absolute Gasteiger partial charge is 0.399 e. The molecule has 0 saturated carbocycles. The molecule has 0 atom stereocenters. The van der Waals surface area contributed by atoms with Crippen LogP contribution >= 0.6 is 0 Å². The first-order chi connectivity index (χ1) is 8.20. The van der Waals surface area contributed by atoms with Gasteiger partial charge in [-0.05, 0) is 29.3 Å². The number of hydrogen-bond acceptors (Lipinski definition) is 2. The summed E-state index contributed by atoms with van der Waals surface area (Å²) in [7, 11) is 0. The van der Waals surface area contributed by atoms with Crippen LogP contribution in [-0.2, 0) is 6.42 Å². The fraction of sp³-hybridized carbons (Fsp3) is 0.0714. The van der Waals surface area contributed by atoms with Gasteiger partial charge in [-0.1, -0.05) is 24.3 Å². The molecule has 0 aromatic heterocycles. The van der Waals surface area contributed by atoms with E-state index in [1.54, 1.807) is 36.4 Å². The summed E-state index contributed by atoms with van der Waals surface area (Å²) in [5, 5.41) is 8.54. The first kappa shape index (κ1) is 11.2. The molecule has 0 radical (unpaired) electrons. The number of benzene rings is 2. The van der Waals surface area contributed by atoms with Crippen LogP contribution in [-0.4, -0.2) is 0 Å². The van der Waals surface area contributed by atoms with Gasteiger partial charge in [-0.25, -0.2) is 4.39 Å². The van der Waals surface area contributed by atoms with Crippen molar-refractivity contribution in [1.82, 2.24) is 0 Å². The van der Waals surface area contributed by atoms with Gasteiger partial charge in [0.05, 0.1) is 12.5 Å². The Morgan fingerprint density at radius 3 is 2.65 bits per heavy atom. The Morgan fingerprint density at radius 1 is 1.18 bits per heavy atom. The summed E-state index contributed by atoms with van der Waals surface area (Å²) in [6.45, 7) is 0. The van der Waals surface area contributed by atoms with Crippen molar-refractivity contribution in [3.8, 4) is 17.2 Å². The highest BCUT2D eigenvalue weighted by Crippen LogP contribution is 2.25. The van der Waals surface area contributed by atoms with Gasteiger partial charge in [-0.15, -0.1) is 0 Å². The van der Waals surface area contributed by atoms with Crippen LogP contribution in [0.25, 0.3) is 11.1 Å². The Balaban J connectivity index is 2.44. The lowest BCUT2D eigenvalue weighted by molar-refractivity contribution is 0.629. The molecule has 0 amide bonds. The fourth-order valence-electron chi connectivity index (χ4n) is 1.70. The number of hydrogen-bond donors (Lipinski definition) is 1.